The summed E-state index contributed by atoms with van der Waals surface area (Å²) in [6, 6.07) is 14.2. The van der Waals surface area contributed by atoms with Gasteiger partial charge in [-0.05, 0) is 29.8 Å². The number of nitrogens with zero attached hydrogens (tertiary/aromatic N) is 3. The van der Waals surface area contributed by atoms with Gasteiger partial charge in [-0.3, -0.25) is 4.79 Å². The maximum atomic E-state index is 12.2. The van der Waals surface area contributed by atoms with E-state index in [2.05, 4.69) is 11.1 Å². The van der Waals surface area contributed by atoms with Crippen molar-refractivity contribution < 1.29 is 4.79 Å². The number of hydrogen-bond acceptors (Lipinski definition) is 3. The van der Waals surface area contributed by atoms with Crippen LogP contribution in [-0.2, 0) is 6.54 Å². The van der Waals surface area contributed by atoms with Crippen molar-refractivity contribution >= 4 is 17.5 Å². The standard InChI is InChI=1S/C15H12ClN3O/c1-19(10-12-5-2-4-11(8-12)9-17)15(20)13-6-3-7-14(16)18-13/h2-8H,10H2,1H3. The lowest BCUT2D eigenvalue weighted by molar-refractivity contribution is 0.0779. The second-order valence-corrected chi connectivity index (χ2v) is 4.71. The highest BCUT2D eigenvalue weighted by molar-refractivity contribution is 6.29. The molecule has 4 nitrogen and oxygen atoms in total. The molecule has 0 bridgehead atoms. The molecule has 100 valence electrons. The molecular formula is C15H12ClN3O. The SMILES string of the molecule is CN(Cc1cccc(C#N)c1)C(=O)c1cccc(Cl)n1. The molecule has 0 unspecified atom stereocenters. The topological polar surface area (TPSA) is 57.0 Å². The first-order valence-electron chi connectivity index (χ1n) is 5.97. The Morgan fingerprint density at radius 3 is 2.80 bits per heavy atom. The van der Waals surface area contributed by atoms with E-state index in [0.29, 0.717) is 17.8 Å². The third kappa shape index (κ3) is 3.34. The molecule has 0 aliphatic rings. The van der Waals surface area contributed by atoms with Crippen molar-refractivity contribution in [3.63, 3.8) is 0 Å². The molecule has 2 aromatic rings. The summed E-state index contributed by atoms with van der Waals surface area (Å²) >= 11 is 5.78. The third-order valence-electron chi connectivity index (χ3n) is 2.76. The van der Waals surface area contributed by atoms with Gasteiger partial charge in [0, 0.05) is 13.6 Å². The number of rotatable bonds is 3. The zero-order valence-electron chi connectivity index (χ0n) is 10.9. The minimum Gasteiger partial charge on any atom is -0.336 e. The summed E-state index contributed by atoms with van der Waals surface area (Å²) in [5.41, 5.74) is 1.77. The van der Waals surface area contributed by atoms with Gasteiger partial charge in [-0.1, -0.05) is 29.8 Å². The van der Waals surface area contributed by atoms with E-state index in [1.165, 1.54) is 4.90 Å². The molecule has 0 saturated heterocycles. The Labute approximate surface area is 122 Å². The zero-order chi connectivity index (χ0) is 14.5. The molecule has 0 saturated carbocycles. The predicted molar refractivity (Wildman–Crippen MR) is 76.2 cm³/mol. The number of pyridine rings is 1. The number of nitriles is 1. The minimum absolute atomic E-state index is 0.213. The molecule has 0 radical (unpaired) electrons. The van der Waals surface area contributed by atoms with E-state index in [4.69, 9.17) is 16.9 Å². The number of halogens is 1. The second-order valence-electron chi connectivity index (χ2n) is 4.32. The lowest BCUT2D eigenvalue weighted by atomic mass is 10.1. The van der Waals surface area contributed by atoms with Gasteiger partial charge in [0.1, 0.15) is 10.8 Å². The number of carbonyl (C=O) groups excluding carboxylic acids is 1. The average molecular weight is 286 g/mol. The van der Waals surface area contributed by atoms with E-state index in [1.807, 2.05) is 6.07 Å². The van der Waals surface area contributed by atoms with E-state index in [1.54, 1.807) is 43.4 Å². The van der Waals surface area contributed by atoms with Gasteiger partial charge in [0.15, 0.2) is 0 Å². The number of benzene rings is 1. The van der Waals surface area contributed by atoms with Crippen LogP contribution in [-0.4, -0.2) is 22.8 Å². The molecule has 0 N–H and O–H groups in total. The Kier molecular flexibility index (Phi) is 4.34. The molecular weight excluding hydrogens is 274 g/mol. The van der Waals surface area contributed by atoms with Crippen LogP contribution in [0.2, 0.25) is 5.15 Å². The van der Waals surface area contributed by atoms with E-state index < -0.39 is 0 Å². The molecule has 20 heavy (non-hydrogen) atoms. The van der Waals surface area contributed by atoms with Gasteiger partial charge in [0.2, 0.25) is 0 Å². The molecule has 0 fully saturated rings. The minimum atomic E-state index is -0.213. The monoisotopic (exact) mass is 285 g/mol. The van der Waals surface area contributed by atoms with Crippen LogP contribution in [0.5, 0.6) is 0 Å². The van der Waals surface area contributed by atoms with Crippen molar-refractivity contribution in [1.82, 2.24) is 9.88 Å². The number of hydrogen-bond donors (Lipinski definition) is 0. The summed E-state index contributed by atoms with van der Waals surface area (Å²) in [5, 5.41) is 9.15. The van der Waals surface area contributed by atoms with Crippen molar-refractivity contribution in [2.24, 2.45) is 0 Å². The Morgan fingerprint density at radius 2 is 2.10 bits per heavy atom. The second kappa shape index (κ2) is 6.18. The van der Waals surface area contributed by atoms with E-state index in [-0.39, 0.29) is 11.1 Å². The van der Waals surface area contributed by atoms with Crippen LogP contribution >= 0.6 is 11.6 Å². The Morgan fingerprint density at radius 1 is 1.35 bits per heavy atom. The summed E-state index contributed by atoms with van der Waals surface area (Å²) in [6.45, 7) is 0.405. The molecule has 1 aromatic heterocycles. The van der Waals surface area contributed by atoms with Crippen molar-refractivity contribution in [3.05, 3.63) is 64.4 Å². The zero-order valence-corrected chi connectivity index (χ0v) is 11.6. The molecule has 0 atom stereocenters. The molecule has 0 spiro atoms. The lowest BCUT2D eigenvalue weighted by Crippen LogP contribution is -2.27. The lowest BCUT2D eigenvalue weighted by Gasteiger charge is -2.17. The molecule has 2 rings (SSSR count). The molecule has 0 aliphatic heterocycles. The maximum absolute atomic E-state index is 12.2. The highest BCUT2D eigenvalue weighted by atomic mass is 35.5. The molecule has 0 aliphatic carbocycles. The highest BCUT2D eigenvalue weighted by Gasteiger charge is 2.13. The molecule has 1 heterocycles. The summed E-state index contributed by atoms with van der Waals surface area (Å²) in [5.74, 6) is -0.213. The fraction of sp³-hybridized carbons (Fsp3) is 0.133. The summed E-state index contributed by atoms with van der Waals surface area (Å²) in [7, 11) is 1.68. The smallest absolute Gasteiger partial charge is 0.272 e. The summed E-state index contributed by atoms with van der Waals surface area (Å²) in [6.07, 6.45) is 0. The van der Waals surface area contributed by atoms with E-state index in [0.717, 1.165) is 5.56 Å². The van der Waals surface area contributed by atoms with Crippen LogP contribution in [0.4, 0.5) is 0 Å². The van der Waals surface area contributed by atoms with Crippen molar-refractivity contribution in [2.75, 3.05) is 7.05 Å². The van der Waals surface area contributed by atoms with Gasteiger partial charge in [0.25, 0.3) is 5.91 Å². The number of aromatic nitrogens is 1. The van der Waals surface area contributed by atoms with Gasteiger partial charge >= 0.3 is 0 Å². The Hall–Kier alpha value is -2.38. The van der Waals surface area contributed by atoms with Gasteiger partial charge in [-0.25, -0.2) is 4.98 Å². The van der Waals surface area contributed by atoms with Gasteiger partial charge < -0.3 is 4.90 Å². The van der Waals surface area contributed by atoms with Crippen LogP contribution in [0.25, 0.3) is 0 Å². The predicted octanol–water partition coefficient (Wildman–Crippen LogP) is 2.88. The summed E-state index contributed by atoms with van der Waals surface area (Å²) in [4.78, 5) is 17.7. The fourth-order valence-electron chi connectivity index (χ4n) is 1.81. The van der Waals surface area contributed by atoms with Crippen molar-refractivity contribution in [3.8, 4) is 6.07 Å². The first kappa shape index (κ1) is 14.0. The normalized spacial score (nSPS) is 9.85. The van der Waals surface area contributed by atoms with Gasteiger partial charge in [-0.15, -0.1) is 0 Å². The van der Waals surface area contributed by atoms with E-state index in [9.17, 15) is 4.79 Å². The van der Waals surface area contributed by atoms with Crippen molar-refractivity contribution in [1.29, 1.82) is 5.26 Å². The van der Waals surface area contributed by atoms with Crippen LogP contribution < -0.4 is 0 Å². The highest BCUT2D eigenvalue weighted by Crippen LogP contribution is 2.11. The number of carbonyl (C=O) groups is 1. The van der Waals surface area contributed by atoms with Crippen LogP contribution in [0.1, 0.15) is 21.6 Å². The quantitative estimate of drug-likeness (QED) is 0.815. The summed E-state index contributed by atoms with van der Waals surface area (Å²) < 4.78 is 0. The van der Waals surface area contributed by atoms with Crippen LogP contribution in [0.15, 0.2) is 42.5 Å². The maximum Gasteiger partial charge on any atom is 0.272 e. The first-order chi connectivity index (χ1) is 9.60. The molecule has 5 heteroatoms. The largest absolute Gasteiger partial charge is 0.336 e. The van der Waals surface area contributed by atoms with Gasteiger partial charge in [0.05, 0.1) is 11.6 Å². The van der Waals surface area contributed by atoms with Gasteiger partial charge in [-0.2, -0.15) is 5.26 Å². The molecule has 1 amide bonds. The Balaban J connectivity index is 2.13. The van der Waals surface area contributed by atoms with Crippen molar-refractivity contribution in [2.45, 2.75) is 6.54 Å². The van der Waals surface area contributed by atoms with Crippen LogP contribution in [0, 0.1) is 11.3 Å². The first-order valence-corrected chi connectivity index (χ1v) is 6.35. The fourth-order valence-corrected chi connectivity index (χ4v) is 1.97. The Bertz CT molecular complexity index is 679. The average Bonchev–Trinajstić information content (AvgIpc) is 2.46. The molecule has 1 aromatic carbocycles. The third-order valence-corrected chi connectivity index (χ3v) is 2.97. The van der Waals surface area contributed by atoms with E-state index >= 15 is 0 Å². The number of amides is 1. The van der Waals surface area contributed by atoms with Crippen LogP contribution in [0.3, 0.4) is 0 Å².